The quantitative estimate of drug-likeness (QED) is 0.376. The number of hydrogen-bond acceptors (Lipinski definition) is 5. The number of aromatic nitrogens is 1. The Morgan fingerprint density at radius 2 is 1.69 bits per heavy atom. The predicted octanol–water partition coefficient (Wildman–Crippen LogP) is 4.23. The van der Waals surface area contributed by atoms with Crippen LogP contribution in [0.15, 0.2) is 71.5 Å². The molecule has 35 heavy (non-hydrogen) atoms. The molecule has 1 heterocycles. The third-order valence-corrected chi connectivity index (χ3v) is 6.26. The lowest BCUT2D eigenvalue weighted by Gasteiger charge is -2.19. The van der Waals surface area contributed by atoms with Crippen molar-refractivity contribution in [3.05, 3.63) is 88.2 Å². The average molecular weight is 538 g/mol. The van der Waals surface area contributed by atoms with Crippen LogP contribution in [0.2, 0.25) is 0 Å². The van der Waals surface area contributed by atoms with Gasteiger partial charge in [0, 0.05) is 35.7 Å². The van der Waals surface area contributed by atoms with E-state index < -0.39 is 24.0 Å². The zero-order valence-electron chi connectivity index (χ0n) is 18.7. The standard InChI is InChI=1S/C26H24BrN3O5/c27-17-11-16(12-28-14-17)13-29-25(33)23(9-10-24(31)32)30-26(34)35-15-22-20-7-3-1-5-18(20)19-6-2-4-8-21(19)22/h1-8,11-12,14,22-23H,9-10,13,15H2,(H,29,33)(H,30,34)(H,31,32). The van der Waals surface area contributed by atoms with Gasteiger partial charge in [0.05, 0.1) is 0 Å². The minimum absolute atomic E-state index is 0.0674. The number of carboxylic acids is 1. The summed E-state index contributed by atoms with van der Waals surface area (Å²) in [6.45, 7) is 0.276. The molecule has 1 unspecified atom stereocenters. The van der Waals surface area contributed by atoms with Crippen molar-refractivity contribution in [3.63, 3.8) is 0 Å². The van der Waals surface area contributed by atoms with Gasteiger partial charge in [-0.1, -0.05) is 48.5 Å². The molecule has 1 aromatic heterocycles. The van der Waals surface area contributed by atoms with Gasteiger partial charge >= 0.3 is 12.1 Å². The van der Waals surface area contributed by atoms with Crippen LogP contribution >= 0.6 is 15.9 Å². The van der Waals surface area contributed by atoms with E-state index in [0.29, 0.717) is 0 Å². The average Bonchev–Trinajstić information content (AvgIpc) is 3.17. The number of fused-ring (bicyclic) bond motifs is 3. The van der Waals surface area contributed by atoms with E-state index in [1.54, 1.807) is 18.5 Å². The van der Waals surface area contributed by atoms with E-state index >= 15 is 0 Å². The lowest BCUT2D eigenvalue weighted by atomic mass is 9.98. The van der Waals surface area contributed by atoms with Crippen LogP contribution in [-0.2, 0) is 20.9 Å². The summed E-state index contributed by atoms with van der Waals surface area (Å²) in [5.41, 5.74) is 5.12. The Hall–Kier alpha value is -3.72. The maximum Gasteiger partial charge on any atom is 0.407 e. The summed E-state index contributed by atoms with van der Waals surface area (Å²) in [5.74, 6) is -1.68. The molecule has 0 radical (unpaired) electrons. The van der Waals surface area contributed by atoms with Gasteiger partial charge in [-0.15, -0.1) is 0 Å². The molecule has 2 aromatic carbocycles. The molecule has 4 rings (SSSR count). The van der Waals surface area contributed by atoms with Crippen LogP contribution in [0.5, 0.6) is 0 Å². The number of pyridine rings is 1. The fraction of sp³-hybridized carbons (Fsp3) is 0.231. The van der Waals surface area contributed by atoms with Crippen LogP contribution in [0, 0.1) is 0 Å². The maximum absolute atomic E-state index is 12.7. The highest BCUT2D eigenvalue weighted by molar-refractivity contribution is 9.10. The number of alkyl carbamates (subject to hydrolysis) is 1. The number of carboxylic acid groups (broad SMARTS) is 1. The zero-order chi connectivity index (χ0) is 24.8. The Labute approximate surface area is 210 Å². The van der Waals surface area contributed by atoms with E-state index in [9.17, 15) is 14.4 Å². The number of nitrogens with one attached hydrogen (secondary N) is 2. The van der Waals surface area contributed by atoms with Crippen molar-refractivity contribution in [3.8, 4) is 11.1 Å². The van der Waals surface area contributed by atoms with Crippen molar-refractivity contribution in [2.24, 2.45) is 0 Å². The van der Waals surface area contributed by atoms with Crippen molar-refractivity contribution in [1.29, 1.82) is 0 Å². The number of ether oxygens (including phenoxy) is 1. The summed E-state index contributed by atoms with van der Waals surface area (Å²) >= 11 is 3.32. The molecular formula is C26H24BrN3O5. The molecule has 9 heteroatoms. The number of amides is 2. The van der Waals surface area contributed by atoms with Crippen LogP contribution < -0.4 is 10.6 Å². The fourth-order valence-corrected chi connectivity index (χ4v) is 4.60. The molecule has 2 amide bonds. The molecule has 0 saturated carbocycles. The van der Waals surface area contributed by atoms with Gasteiger partial charge in [0.1, 0.15) is 12.6 Å². The first kappa shape index (κ1) is 24.4. The highest BCUT2D eigenvalue weighted by Crippen LogP contribution is 2.44. The van der Waals surface area contributed by atoms with Crippen molar-refractivity contribution in [2.45, 2.75) is 31.3 Å². The van der Waals surface area contributed by atoms with E-state index in [-0.39, 0.29) is 31.9 Å². The summed E-state index contributed by atoms with van der Waals surface area (Å²) in [6.07, 6.45) is 2.11. The van der Waals surface area contributed by atoms with Gasteiger partial charge in [0.2, 0.25) is 5.91 Å². The minimum atomic E-state index is -1.06. The number of carbonyl (C=O) groups excluding carboxylic acids is 2. The van der Waals surface area contributed by atoms with Crippen LogP contribution in [0.25, 0.3) is 11.1 Å². The molecule has 1 atom stereocenters. The van der Waals surface area contributed by atoms with Gasteiger partial charge in [-0.25, -0.2) is 4.79 Å². The predicted molar refractivity (Wildman–Crippen MR) is 133 cm³/mol. The number of halogens is 1. The third-order valence-electron chi connectivity index (χ3n) is 5.83. The van der Waals surface area contributed by atoms with Crippen LogP contribution in [0.1, 0.15) is 35.4 Å². The van der Waals surface area contributed by atoms with E-state index in [1.807, 2.05) is 48.5 Å². The second-order valence-corrected chi connectivity index (χ2v) is 9.10. The first-order chi connectivity index (χ1) is 16.9. The van der Waals surface area contributed by atoms with Gasteiger partial charge < -0.3 is 20.5 Å². The SMILES string of the molecule is O=C(O)CCC(NC(=O)OCC1c2ccccc2-c2ccccc21)C(=O)NCc1cncc(Br)c1. The van der Waals surface area contributed by atoms with Crippen molar-refractivity contribution >= 4 is 33.9 Å². The molecule has 1 aliphatic rings. The number of aliphatic carboxylic acids is 1. The highest BCUT2D eigenvalue weighted by atomic mass is 79.9. The van der Waals surface area contributed by atoms with Gasteiger partial charge in [0.25, 0.3) is 0 Å². The van der Waals surface area contributed by atoms with E-state index in [1.165, 1.54) is 0 Å². The molecule has 0 bridgehead atoms. The van der Waals surface area contributed by atoms with Crippen LogP contribution in [0.3, 0.4) is 0 Å². The van der Waals surface area contributed by atoms with E-state index in [4.69, 9.17) is 9.84 Å². The highest BCUT2D eigenvalue weighted by Gasteiger charge is 2.30. The Kier molecular flexibility index (Phi) is 7.77. The number of hydrogen-bond donors (Lipinski definition) is 3. The van der Waals surface area contributed by atoms with Gasteiger partial charge in [-0.2, -0.15) is 0 Å². The second kappa shape index (κ2) is 11.1. The molecule has 0 fully saturated rings. The summed E-state index contributed by atoms with van der Waals surface area (Å²) < 4.78 is 6.28. The molecule has 0 aliphatic heterocycles. The first-order valence-corrected chi connectivity index (χ1v) is 11.9. The molecule has 3 N–H and O–H groups in total. The minimum Gasteiger partial charge on any atom is -0.481 e. The summed E-state index contributed by atoms with van der Waals surface area (Å²) in [4.78, 5) is 40.5. The Balaban J connectivity index is 1.39. The van der Waals surface area contributed by atoms with Gasteiger partial charge in [-0.3, -0.25) is 14.6 Å². The summed E-state index contributed by atoms with van der Waals surface area (Å²) in [6, 6.07) is 16.7. The fourth-order valence-electron chi connectivity index (χ4n) is 4.18. The number of benzene rings is 2. The maximum atomic E-state index is 12.7. The number of carbonyl (C=O) groups is 3. The molecule has 0 saturated heterocycles. The van der Waals surface area contributed by atoms with Crippen LogP contribution in [0.4, 0.5) is 4.79 Å². The van der Waals surface area contributed by atoms with Gasteiger partial charge in [-0.05, 0) is 56.2 Å². The molecular weight excluding hydrogens is 514 g/mol. The summed E-state index contributed by atoms with van der Waals surface area (Å²) in [5, 5.41) is 14.3. The van der Waals surface area contributed by atoms with Gasteiger partial charge in [0.15, 0.2) is 0 Å². The Morgan fingerprint density at radius 3 is 2.31 bits per heavy atom. The van der Waals surface area contributed by atoms with Crippen molar-refractivity contribution in [2.75, 3.05) is 6.61 Å². The van der Waals surface area contributed by atoms with Crippen LogP contribution in [-0.4, -0.2) is 40.7 Å². The summed E-state index contributed by atoms with van der Waals surface area (Å²) in [7, 11) is 0. The Bertz CT molecular complexity index is 1200. The number of rotatable bonds is 9. The number of nitrogens with zero attached hydrogens (tertiary/aromatic N) is 1. The van der Waals surface area contributed by atoms with E-state index in [2.05, 4.69) is 31.5 Å². The molecule has 180 valence electrons. The molecule has 1 aliphatic carbocycles. The Morgan fingerprint density at radius 1 is 1.03 bits per heavy atom. The lowest BCUT2D eigenvalue weighted by molar-refractivity contribution is -0.137. The van der Waals surface area contributed by atoms with Crippen molar-refractivity contribution in [1.82, 2.24) is 15.6 Å². The molecule has 3 aromatic rings. The van der Waals surface area contributed by atoms with Crippen molar-refractivity contribution < 1.29 is 24.2 Å². The lowest BCUT2D eigenvalue weighted by Crippen LogP contribution is -2.47. The largest absolute Gasteiger partial charge is 0.481 e. The molecule has 0 spiro atoms. The topological polar surface area (TPSA) is 118 Å². The molecule has 8 nitrogen and oxygen atoms in total. The zero-order valence-corrected chi connectivity index (χ0v) is 20.3. The second-order valence-electron chi connectivity index (χ2n) is 8.18. The third kappa shape index (κ3) is 6.05. The van der Waals surface area contributed by atoms with E-state index in [0.717, 1.165) is 32.3 Å². The monoisotopic (exact) mass is 537 g/mol. The first-order valence-electron chi connectivity index (χ1n) is 11.1. The normalized spacial score (nSPS) is 12.8. The smallest absolute Gasteiger partial charge is 0.407 e.